The predicted molar refractivity (Wildman–Crippen MR) is 62.4 cm³/mol. The SMILES string of the molecule is CCNC(=S)NCCC1CCOCC1. The normalized spacial score (nSPS) is 17.8. The lowest BCUT2D eigenvalue weighted by molar-refractivity contribution is 0.0643. The molecule has 4 heteroatoms. The second-order valence-corrected chi connectivity index (χ2v) is 4.04. The number of nitrogens with one attached hydrogen (secondary N) is 2. The zero-order valence-electron chi connectivity index (χ0n) is 8.84. The smallest absolute Gasteiger partial charge is 0.166 e. The van der Waals surface area contributed by atoms with Gasteiger partial charge in [0.2, 0.25) is 0 Å². The average Bonchev–Trinajstić information content (AvgIpc) is 2.20. The molecular formula is C10H20N2OS. The van der Waals surface area contributed by atoms with Crippen molar-refractivity contribution < 1.29 is 4.74 Å². The second-order valence-electron chi connectivity index (χ2n) is 3.63. The van der Waals surface area contributed by atoms with Crippen LogP contribution in [0.15, 0.2) is 0 Å². The minimum absolute atomic E-state index is 0.777. The van der Waals surface area contributed by atoms with Crippen LogP contribution in [-0.2, 0) is 4.74 Å². The molecule has 1 aliphatic heterocycles. The van der Waals surface area contributed by atoms with E-state index >= 15 is 0 Å². The molecule has 0 aromatic heterocycles. The summed E-state index contributed by atoms with van der Waals surface area (Å²) in [6, 6.07) is 0. The summed E-state index contributed by atoms with van der Waals surface area (Å²) in [5.41, 5.74) is 0. The van der Waals surface area contributed by atoms with Crippen molar-refractivity contribution in [2.75, 3.05) is 26.3 Å². The fraction of sp³-hybridized carbons (Fsp3) is 0.900. The third kappa shape index (κ3) is 4.77. The number of hydrogen-bond donors (Lipinski definition) is 2. The van der Waals surface area contributed by atoms with E-state index in [9.17, 15) is 0 Å². The molecule has 0 unspecified atom stereocenters. The van der Waals surface area contributed by atoms with E-state index in [1.54, 1.807) is 0 Å². The second kappa shape index (κ2) is 7.01. The molecule has 0 amide bonds. The molecule has 0 spiro atoms. The predicted octanol–water partition coefficient (Wildman–Crippen LogP) is 1.29. The maximum Gasteiger partial charge on any atom is 0.166 e. The Labute approximate surface area is 91.6 Å². The van der Waals surface area contributed by atoms with E-state index in [1.807, 2.05) is 6.92 Å². The number of hydrogen-bond acceptors (Lipinski definition) is 2. The molecule has 0 bridgehead atoms. The zero-order chi connectivity index (χ0) is 10.2. The molecule has 1 aliphatic rings. The van der Waals surface area contributed by atoms with Crippen LogP contribution in [-0.4, -0.2) is 31.4 Å². The van der Waals surface area contributed by atoms with Gasteiger partial charge in [-0.3, -0.25) is 0 Å². The van der Waals surface area contributed by atoms with Crippen molar-refractivity contribution >= 4 is 17.3 Å². The van der Waals surface area contributed by atoms with Gasteiger partial charge < -0.3 is 15.4 Å². The summed E-state index contributed by atoms with van der Waals surface area (Å²) in [5, 5.41) is 7.07. The quantitative estimate of drug-likeness (QED) is 0.694. The Morgan fingerprint density at radius 1 is 1.36 bits per heavy atom. The maximum atomic E-state index is 5.31. The molecule has 1 heterocycles. The fourth-order valence-corrected chi connectivity index (χ4v) is 1.89. The summed E-state index contributed by atoms with van der Waals surface area (Å²) in [5.74, 6) is 0.820. The first-order chi connectivity index (χ1) is 6.83. The summed E-state index contributed by atoms with van der Waals surface area (Å²) in [6.07, 6.45) is 3.61. The highest BCUT2D eigenvalue weighted by molar-refractivity contribution is 7.80. The molecule has 0 radical (unpaired) electrons. The van der Waals surface area contributed by atoms with E-state index in [0.717, 1.165) is 37.3 Å². The van der Waals surface area contributed by atoms with E-state index in [1.165, 1.54) is 19.3 Å². The lowest BCUT2D eigenvalue weighted by Crippen LogP contribution is -2.36. The molecular weight excluding hydrogens is 196 g/mol. The highest BCUT2D eigenvalue weighted by atomic mass is 32.1. The molecule has 0 aromatic carbocycles. The fourth-order valence-electron chi connectivity index (χ4n) is 1.65. The van der Waals surface area contributed by atoms with Crippen LogP contribution < -0.4 is 10.6 Å². The summed E-state index contributed by atoms with van der Waals surface area (Å²) >= 11 is 5.07. The van der Waals surface area contributed by atoms with Crippen LogP contribution in [0.2, 0.25) is 0 Å². The van der Waals surface area contributed by atoms with E-state index in [4.69, 9.17) is 17.0 Å². The van der Waals surface area contributed by atoms with Crippen LogP contribution in [0.4, 0.5) is 0 Å². The van der Waals surface area contributed by atoms with Gasteiger partial charge in [-0.25, -0.2) is 0 Å². The Bertz CT molecular complexity index is 170. The van der Waals surface area contributed by atoms with Gasteiger partial charge in [0.15, 0.2) is 5.11 Å². The summed E-state index contributed by atoms with van der Waals surface area (Å²) < 4.78 is 5.31. The molecule has 1 fully saturated rings. The van der Waals surface area contributed by atoms with Crippen LogP contribution in [0.3, 0.4) is 0 Å². The van der Waals surface area contributed by atoms with Gasteiger partial charge in [0, 0.05) is 26.3 Å². The van der Waals surface area contributed by atoms with Crippen molar-refractivity contribution in [3.8, 4) is 0 Å². The van der Waals surface area contributed by atoms with Crippen molar-refractivity contribution in [3.05, 3.63) is 0 Å². The van der Waals surface area contributed by atoms with Gasteiger partial charge in [0.1, 0.15) is 0 Å². The Morgan fingerprint density at radius 2 is 2.07 bits per heavy atom. The number of thiocarbonyl (C=S) groups is 1. The van der Waals surface area contributed by atoms with Crippen LogP contribution in [0.1, 0.15) is 26.2 Å². The van der Waals surface area contributed by atoms with E-state index < -0.39 is 0 Å². The van der Waals surface area contributed by atoms with Crippen molar-refractivity contribution in [2.45, 2.75) is 26.2 Å². The van der Waals surface area contributed by atoms with Crippen molar-refractivity contribution in [1.82, 2.24) is 10.6 Å². The average molecular weight is 216 g/mol. The highest BCUT2D eigenvalue weighted by Gasteiger charge is 2.12. The van der Waals surface area contributed by atoms with Crippen LogP contribution in [0, 0.1) is 5.92 Å². The number of ether oxygens (including phenoxy) is 1. The zero-order valence-corrected chi connectivity index (χ0v) is 9.66. The number of rotatable bonds is 4. The molecule has 1 saturated heterocycles. The molecule has 82 valence electrons. The first-order valence-corrected chi connectivity index (χ1v) is 5.83. The largest absolute Gasteiger partial charge is 0.381 e. The van der Waals surface area contributed by atoms with Crippen LogP contribution in [0.5, 0.6) is 0 Å². The minimum atomic E-state index is 0.777. The lowest BCUT2D eigenvalue weighted by Gasteiger charge is -2.22. The van der Waals surface area contributed by atoms with Gasteiger partial charge in [0.25, 0.3) is 0 Å². The van der Waals surface area contributed by atoms with Gasteiger partial charge in [0.05, 0.1) is 0 Å². The van der Waals surface area contributed by atoms with Gasteiger partial charge in [-0.1, -0.05) is 0 Å². The first-order valence-electron chi connectivity index (χ1n) is 5.42. The molecule has 1 rings (SSSR count). The van der Waals surface area contributed by atoms with E-state index in [-0.39, 0.29) is 0 Å². The molecule has 14 heavy (non-hydrogen) atoms. The van der Waals surface area contributed by atoms with Crippen LogP contribution >= 0.6 is 12.2 Å². The monoisotopic (exact) mass is 216 g/mol. The molecule has 0 saturated carbocycles. The summed E-state index contributed by atoms with van der Waals surface area (Å²) in [7, 11) is 0. The Morgan fingerprint density at radius 3 is 2.71 bits per heavy atom. The third-order valence-corrected chi connectivity index (χ3v) is 2.81. The van der Waals surface area contributed by atoms with Crippen molar-refractivity contribution in [3.63, 3.8) is 0 Å². The third-order valence-electron chi connectivity index (χ3n) is 2.52. The summed E-state index contributed by atoms with van der Waals surface area (Å²) in [6.45, 7) is 5.79. The van der Waals surface area contributed by atoms with E-state index in [2.05, 4.69) is 10.6 Å². The minimum Gasteiger partial charge on any atom is -0.381 e. The Balaban J connectivity index is 1.99. The first kappa shape index (κ1) is 11.7. The van der Waals surface area contributed by atoms with Crippen LogP contribution in [0.25, 0.3) is 0 Å². The highest BCUT2D eigenvalue weighted by Crippen LogP contribution is 2.17. The van der Waals surface area contributed by atoms with Crippen molar-refractivity contribution in [2.24, 2.45) is 5.92 Å². The molecule has 2 N–H and O–H groups in total. The lowest BCUT2D eigenvalue weighted by atomic mass is 9.97. The van der Waals surface area contributed by atoms with E-state index in [0.29, 0.717) is 0 Å². The maximum absolute atomic E-state index is 5.31. The Hall–Kier alpha value is -0.350. The molecule has 0 aromatic rings. The van der Waals surface area contributed by atoms with Gasteiger partial charge in [-0.05, 0) is 44.3 Å². The molecule has 0 aliphatic carbocycles. The van der Waals surface area contributed by atoms with Gasteiger partial charge in [-0.2, -0.15) is 0 Å². The van der Waals surface area contributed by atoms with Gasteiger partial charge >= 0.3 is 0 Å². The topological polar surface area (TPSA) is 33.3 Å². The van der Waals surface area contributed by atoms with Gasteiger partial charge in [-0.15, -0.1) is 0 Å². The molecule has 3 nitrogen and oxygen atoms in total. The Kier molecular flexibility index (Phi) is 5.87. The molecule has 0 atom stereocenters. The summed E-state index contributed by atoms with van der Waals surface area (Å²) in [4.78, 5) is 0. The van der Waals surface area contributed by atoms with Crippen molar-refractivity contribution in [1.29, 1.82) is 0 Å². The standard InChI is InChI=1S/C10H20N2OS/c1-2-11-10(14)12-6-3-9-4-7-13-8-5-9/h9H,2-8H2,1H3,(H2,11,12,14).